The van der Waals surface area contributed by atoms with E-state index in [2.05, 4.69) is 15.2 Å². The zero-order chi connectivity index (χ0) is 9.10. The Balaban J connectivity index is 1.78. The first-order chi connectivity index (χ1) is 6.34. The molecule has 1 aliphatic heterocycles. The number of rotatable bonds is 3. The molecule has 0 aromatic carbocycles. The molecular formula is C9H16N4. The molecule has 13 heavy (non-hydrogen) atoms. The van der Waals surface area contributed by atoms with Crippen molar-refractivity contribution in [2.75, 3.05) is 19.6 Å². The number of aromatic nitrogens is 3. The Hall–Kier alpha value is -0.900. The summed E-state index contributed by atoms with van der Waals surface area (Å²) >= 11 is 0. The van der Waals surface area contributed by atoms with Crippen LogP contribution in [0.3, 0.4) is 0 Å². The third-order valence-electron chi connectivity index (χ3n) is 2.50. The Morgan fingerprint density at radius 3 is 2.69 bits per heavy atom. The Morgan fingerprint density at radius 1 is 1.31 bits per heavy atom. The van der Waals surface area contributed by atoms with E-state index in [0.29, 0.717) is 0 Å². The van der Waals surface area contributed by atoms with Gasteiger partial charge in [0.2, 0.25) is 0 Å². The van der Waals surface area contributed by atoms with E-state index >= 15 is 0 Å². The first-order valence-corrected chi connectivity index (χ1v) is 4.94. The Morgan fingerprint density at radius 2 is 2.08 bits per heavy atom. The summed E-state index contributed by atoms with van der Waals surface area (Å²) in [4.78, 5) is 2.48. The van der Waals surface area contributed by atoms with Gasteiger partial charge in [-0.05, 0) is 32.9 Å². The summed E-state index contributed by atoms with van der Waals surface area (Å²) in [5.41, 5.74) is 1.00. The fraction of sp³-hybridized carbons (Fsp3) is 0.778. The van der Waals surface area contributed by atoms with E-state index in [4.69, 9.17) is 0 Å². The molecule has 0 unspecified atom stereocenters. The van der Waals surface area contributed by atoms with Gasteiger partial charge in [0.05, 0.1) is 12.2 Å². The predicted octanol–water partition coefficient (Wildman–Crippen LogP) is 0.682. The van der Waals surface area contributed by atoms with Crippen LogP contribution in [0.4, 0.5) is 0 Å². The molecule has 1 aliphatic rings. The van der Waals surface area contributed by atoms with Crippen LogP contribution in [0.25, 0.3) is 0 Å². The number of aryl methyl sites for hydroxylation is 1. The van der Waals surface area contributed by atoms with Crippen molar-refractivity contribution in [3.63, 3.8) is 0 Å². The number of nitrogens with zero attached hydrogens (tertiary/aromatic N) is 4. The molecule has 4 nitrogen and oxygen atoms in total. The molecule has 72 valence electrons. The summed E-state index contributed by atoms with van der Waals surface area (Å²) in [5.74, 6) is 0. The van der Waals surface area contributed by atoms with E-state index in [-0.39, 0.29) is 0 Å². The second kappa shape index (κ2) is 3.87. The van der Waals surface area contributed by atoms with Gasteiger partial charge in [-0.1, -0.05) is 5.21 Å². The topological polar surface area (TPSA) is 34.0 Å². The summed E-state index contributed by atoms with van der Waals surface area (Å²) in [6.45, 7) is 6.57. The third-order valence-corrected chi connectivity index (χ3v) is 2.50. The predicted molar refractivity (Wildman–Crippen MR) is 50.4 cm³/mol. The van der Waals surface area contributed by atoms with Gasteiger partial charge < -0.3 is 4.90 Å². The van der Waals surface area contributed by atoms with Crippen molar-refractivity contribution in [1.29, 1.82) is 0 Å². The van der Waals surface area contributed by atoms with Gasteiger partial charge in [-0.25, -0.2) is 0 Å². The van der Waals surface area contributed by atoms with Crippen LogP contribution in [0, 0.1) is 6.92 Å². The van der Waals surface area contributed by atoms with Crippen LogP contribution in [0.1, 0.15) is 18.5 Å². The zero-order valence-corrected chi connectivity index (χ0v) is 8.11. The van der Waals surface area contributed by atoms with Crippen molar-refractivity contribution in [3.8, 4) is 0 Å². The van der Waals surface area contributed by atoms with Crippen molar-refractivity contribution in [2.24, 2.45) is 0 Å². The van der Waals surface area contributed by atoms with Gasteiger partial charge in [-0.3, -0.25) is 4.68 Å². The fourth-order valence-electron chi connectivity index (χ4n) is 1.75. The highest BCUT2D eigenvalue weighted by molar-refractivity contribution is 4.86. The minimum atomic E-state index is 0.973. The molecule has 1 saturated heterocycles. The zero-order valence-electron chi connectivity index (χ0n) is 8.11. The Kier molecular flexibility index (Phi) is 2.59. The monoisotopic (exact) mass is 180 g/mol. The minimum Gasteiger partial charge on any atom is -0.301 e. The van der Waals surface area contributed by atoms with Gasteiger partial charge in [-0.2, -0.15) is 0 Å². The van der Waals surface area contributed by atoms with E-state index < -0.39 is 0 Å². The lowest BCUT2D eigenvalue weighted by molar-refractivity contribution is 0.314. The Labute approximate surface area is 78.5 Å². The maximum atomic E-state index is 4.02. The first-order valence-electron chi connectivity index (χ1n) is 4.94. The van der Waals surface area contributed by atoms with E-state index in [1.54, 1.807) is 0 Å². The standard InChI is InChI=1S/C9H16N4/c1-9-8-13(11-10-9)7-6-12-4-2-3-5-12/h8H,2-7H2,1H3. The van der Waals surface area contributed by atoms with Gasteiger partial charge in [0.25, 0.3) is 0 Å². The van der Waals surface area contributed by atoms with Crippen molar-refractivity contribution in [3.05, 3.63) is 11.9 Å². The minimum absolute atomic E-state index is 0.973. The van der Waals surface area contributed by atoms with Gasteiger partial charge >= 0.3 is 0 Å². The summed E-state index contributed by atoms with van der Waals surface area (Å²) in [6, 6.07) is 0. The molecule has 0 radical (unpaired) electrons. The normalized spacial score (nSPS) is 18.2. The summed E-state index contributed by atoms with van der Waals surface area (Å²) in [5, 5.41) is 7.97. The van der Waals surface area contributed by atoms with Crippen LogP contribution < -0.4 is 0 Å². The van der Waals surface area contributed by atoms with Gasteiger partial charge in [0.15, 0.2) is 0 Å². The Bertz CT molecular complexity index is 262. The maximum absolute atomic E-state index is 4.02. The molecule has 1 fully saturated rings. The van der Waals surface area contributed by atoms with Gasteiger partial charge in [0, 0.05) is 12.7 Å². The number of hydrogen-bond acceptors (Lipinski definition) is 3. The van der Waals surface area contributed by atoms with Crippen molar-refractivity contribution >= 4 is 0 Å². The second-order valence-corrected chi connectivity index (χ2v) is 3.67. The van der Waals surface area contributed by atoms with E-state index in [1.165, 1.54) is 25.9 Å². The third kappa shape index (κ3) is 2.28. The lowest BCUT2D eigenvalue weighted by atomic mass is 10.4. The molecule has 1 aromatic heterocycles. The number of likely N-dealkylation sites (tertiary alicyclic amines) is 1. The molecular weight excluding hydrogens is 164 g/mol. The van der Waals surface area contributed by atoms with E-state index in [9.17, 15) is 0 Å². The smallest absolute Gasteiger partial charge is 0.0796 e. The molecule has 0 N–H and O–H groups in total. The molecule has 2 heterocycles. The number of hydrogen-bond donors (Lipinski definition) is 0. The van der Waals surface area contributed by atoms with Crippen LogP contribution in [-0.4, -0.2) is 39.5 Å². The highest BCUT2D eigenvalue weighted by Crippen LogP contribution is 2.06. The molecule has 0 atom stereocenters. The lowest BCUT2D eigenvalue weighted by Crippen LogP contribution is -2.24. The highest BCUT2D eigenvalue weighted by Gasteiger charge is 2.10. The van der Waals surface area contributed by atoms with Gasteiger partial charge in [0.1, 0.15) is 0 Å². The second-order valence-electron chi connectivity index (χ2n) is 3.67. The molecule has 0 saturated carbocycles. The quantitative estimate of drug-likeness (QED) is 0.686. The maximum Gasteiger partial charge on any atom is 0.0796 e. The molecule has 0 amide bonds. The van der Waals surface area contributed by atoms with Gasteiger partial charge in [-0.15, -0.1) is 5.10 Å². The van der Waals surface area contributed by atoms with Crippen LogP contribution >= 0.6 is 0 Å². The first kappa shape index (κ1) is 8.69. The molecule has 4 heteroatoms. The van der Waals surface area contributed by atoms with Crippen LogP contribution in [0.15, 0.2) is 6.20 Å². The van der Waals surface area contributed by atoms with E-state index in [0.717, 1.165) is 18.8 Å². The largest absolute Gasteiger partial charge is 0.301 e. The lowest BCUT2D eigenvalue weighted by Gasteiger charge is -2.13. The molecule has 0 aliphatic carbocycles. The SMILES string of the molecule is Cc1cn(CCN2CCCC2)nn1. The molecule has 2 rings (SSSR count). The van der Waals surface area contributed by atoms with Crippen LogP contribution in [0.2, 0.25) is 0 Å². The van der Waals surface area contributed by atoms with Crippen molar-refractivity contribution < 1.29 is 0 Å². The van der Waals surface area contributed by atoms with Crippen molar-refractivity contribution in [1.82, 2.24) is 19.9 Å². The van der Waals surface area contributed by atoms with Crippen LogP contribution in [-0.2, 0) is 6.54 Å². The fourth-order valence-corrected chi connectivity index (χ4v) is 1.75. The molecule has 0 bridgehead atoms. The average Bonchev–Trinajstić information content (AvgIpc) is 2.71. The molecule has 1 aromatic rings. The van der Waals surface area contributed by atoms with Crippen molar-refractivity contribution in [2.45, 2.75) is 26.3 Å². The highest BCUT2D eigenvalue weighted by atomic mass is 15.4. The molecule has 0 spiro atoms. The van der Waals surface area contributed by atoms with E-state index in [1.807, 2.05) is 17.8 Å². The summed E-state index contributed by atoms with van der Waals surface area (Å²) in [6.07, 6.45) is 4.71. The van der Waals surface area contributed by atoms with Crippen LogP contribution in [0.5, 0.6) is 0 Å². The average molecular weight is 180 g/mol. The summed E-state index contributed by atoms with van der Waals surface area (Å²) < 4.78 is 1.92. The summed E-state index contributed by atoms with van der Waals surface area (Å²) in [7, 11) is 0.